The van der Waals surface area contributed by atoms with Gasteiger partial charge in [0.2, 0.25) is 0 Å². The van der Waals surface area contributed by atoms with Gasteiger partial charge in [0.25, 0.3) is 0 Å². The van der Waals surface area contributed by atoms with Crippen LogP contribution < -0.4 is 0 Å². The van der Waals surface area contributed by atoms with Crippen LogP contribution in [0.25, 0.3) is 0 Å². The highest BCUT2D eigenvalue weighted by molar-refractivity contribution is 5.69. The Balaban J connectivity index is 2.91. The van der Waals surface area contributed by atoms with Crippen molar-refractivity contribution in [2.75, 3.05) is 19.8 Å². The third kappa shape index (κ3) is 3.96. The molecule has 0 bridgehead atoms. The first kappa shape index (κ1) is 17.0. The average Bonchev–Trinajstić information content (AvgIpc) is 2.66. The minimum absolute atomic E-state index is 0.0232. The Labute approximate surface area is 121 Å². The number of carbonyl (C=O) groups excluding carboxylic acids is 1. The standard InChI is InChI=1S/C15H27NO4/c1-10(2)12-8-16(14(19)20-15(3,4)5)13(9-18)11(12)6-7-17/h11-13,17-18H,1,6-9H2,2-5H3/t11-,12-,13+/m0/s1. The topological polar surface area (TPSA) is 70.0 Å². The smallest absolute Gasteiger partial charge is 0.410 e. The van der Waals surface area contributed by atoms with Gasteiger partial charge in [-0.3, -0.25) is 0 Å². The molecular weight excluding hydrogens is 258 g/mol. The second kappa shape index (κ2) is 6.59. The van der Waals surface area contributed by atoms with Gasteiger partial charge in [-0.1, -0.05) is 12.2 Å². The molecule has 0 radical (unpaired) electrons. The highest BCUT2D eigenvalue weighted by atomic mass is 16.6. The SMILES string of the molecule is C=C(C)[C@@H]1CN(C(=O)OC(C)(C)C)[C@H](CO)[C@H]1CCO. The van der Waals surface area contributed by atoms with Crippen molar-refractivity contribution >= 4 is 6.09 Å². The van der Waals surface area contributed by atoms with Crippen molar-refractivity contribution in [3.8, 4) is 0 Å². The van der Waals surface area contributed by atoms with E-state index < -0.39 is 11.7 Å². The Kier molecular flexibility index (Phi) is 5.59. The number of rotatable bonds is 4. The lowest BCUT2D eigenvalue weighted by atomic mass is 9.84. The number of aliphatic hydroxyl groups excluding tert-OH is 2. The normalized spacial score (nSPS) is 26.7. The lowest BCUT2D eigenvalue weighted by molar-refractivity contribution is 0.0137. The first-order chi connectivity index (χ1) is 9.21. The summed E-state index contributed by atoms with van der Waals surface area (Å²) in [6, 6.07) is -0.321. The summed E-state index contributed by atoms with van der Waals surface area (Å²) in [5.41, 5.74) is 0.401. The van der Waals surface area contributed by atoms with Gasteiger partial charge in [0.05, 0.1) is 12.6 Å². The predicted molar refractivity (Wildman–Crippen MR) is 77.3 cm³/mol. The molecule has 0 spiro atoms. The van der Waals surface area contributed by atoms with E-state index >= 15 is 0 Å². The minimum atomic E-state index is -0.565. The molecule has 1 heterocycles. The van der Waals surface area contributed by atoms with Crippen molar-refractivity contribution in [2.24, 2.45) is 11.8 Å². The summed E-state index contributed by atoms with van der Waals surface area (Å²) >= 11 is 0. The van der Waals surface area contributed by atoms with Crippen LogP contribution >= 0.6 is 0 Å². The third-order valence-electron chi connectivity index (χ3n) is 3.72. The fourth-order valence-electron chi connectivity index (χ4n) is 2.81. The van der Waals surface area contributed by atoms with Crippen LogP contribution in [-0.2, 0) is 4.74 Å². The molecule has 3 atom stereocenters. The molecule has 5 heteroatoms. The minimum Gasteiger partial charge on any atom is -0.444 e. The van der Waals surface area contributed by atoms with Crippen LogP contribution in [0.1, 0.15) is 34.1 Å². The largest absolute Gasteiger partial charge is 0.444 e. The number of likely N-dealkylation sites (tertiary alicyclic amines) is 1. The molecule has 2 N–H and O–H groups in total. The lowest BCUT2D eigenvalue weighted by Gasteiger charge is -2.29. The lowest BCUT2D eigenvalue weighted by Crippen LogP contribution is -2.43. The maximum absolute atomic E-state index is 12.2. The zero-order valence-corrected chi connectivity index (χ0v) is 12.9. The van der Waals surface area contributed by atoms with Gasteiger partial charge < -0.3 is 19.8 Å². The van der Waals surface area contributed by atoms with Crippen molar-refractivity contribution in [1.82, 2.24) is 4.90 Å². The number of hydrogen-bond donors (Lipinski definition) is 2. The quantitative estimate of drug-likeness (QED) is 0.773. The molecule has 5 nitrogen and oxygen atoms in total. The van der Waals surface area contributed by atoms with Crippen molar-refractivity contribution in [2.45, 2.75) is 45.8 Å². The van der Waals surface area contributed by atoms with Gasteiger partial charge in [-0.25, -0.2) is 4.79 Å². The molecule has 116 valence electrons. The van der Waals surface area contributed by atoms with Gasteiger partial charge in [-0.05, 0) is 40.0 Å². The molecule has 0 saturated carbocycles. The van der Waals surface area contributed by atoms with E-state index in [1.165, 1.54) is 0 Å². The number of amides is 1. The van der Waals surface area contributed by atoms with Gasteiger partial charge in [0.15, 0.2) is 0 Å². The third-order valence-corrected chi connectivity index (χ3v) is 3.72. The maximum Gasteiger partial charge on any atom is 0.410 e. The fraction of sp³-hybridized carbons (Fsp3) is 0.800. The average molecular weight is 285 g/mol. The number of carbonyl (C=O) groups is 1. The molecule has 1 fully saturated rings. The van der Waals surface area contributed by atoms with Crippen molar-refractivity contribution in [3.05, 3.63) is 12.2 Å². The molecule has 0 aromatic carbocycles. The van der Waals surface area contributed by atoms with E-state index in [0.717, 1.165) is 5.57 Å². The van der Waals surface area contributed by atoms with Gasteiger partial charge in [-0.2, -0.15) is 0 Å². The molecule has 1 amide bonds. The van der Waals surface area contributed by atoms with E-state index in [4.69, 9.17) is 4.74 Å². The van der Waals surface area contributed by atoms with Gasteiger partial charge in [-0.15, -0.1) is 0 Å². The van der Waals surface area contributed by atoms with Crippen molar-refractivity contribution in [1.29, 1.82) is 0 Å². The molecule has 1 saturated heterocycles. The molecule has 0 unspecified atom stereocenters. The van der Waals surface area contributed by atoms with Crippen LogP contribution in [0.5, 0.6) is 0 Å². The first-order valence-corrected chi connectivity index (χ1v) is 7.08. The Morgan fingerprint density at radius 3 is 2.40 bits per heavy atom. The Morgan fingerprint density at radius 1 is 1.40 bits per heavy atom. The Bertz CT molecular complexity index is 361. The first-order valence-electron chi connectivity index (χ1n) is 7.08. The zero-order valence-electron chi connectivity index (χ0n) is 12.9. The Hall–Kier alpha value is -1.07. The maximum atomic E-state index is 12.2. The number of aliphatic hydroxyl groups is 2. The van der Waals surface area contributed by atoms with E-state index in [1.54, 1.807) is 4.90 Å². The molecule has 20 heavy (non-hydrogen) atoms. The summed E-state index contributed by atoms with van der Waals surface area (Å²) in [6.45, 7) is 11.7. The molecule has 1 aliphatic rings. The fourth-order valence-corrected chi connectivity index (χ4v) is 2.81. The monoisotopic (exact) mass is 285 g/mol. The van der Waals surface area contributed by atoms with E-state index in [0.29, 0.717) is 13.0 Å². The van der Waals surface area contributed by atoms with Crippen LogP contribution in [0.2, 0.25) is 0 Å². The van der Waals surface area contributed by atoms with E-state index in [-0.39, 0.29) is 31.1 Å². The van der Waals surface area contributed by atoms with Crippen LogP contribution in [0.3, 0.4) is 0 Å². The molecular formula is C15H27NO4. The molecule has 0 aliphatic carbocycles. The van der Waals surface area contributed by atoms with Crippen LogP contribution in [-0.4, -0.2) is 52.6 Å². The van der Waals surface area contributed by atoms with E-state index in [9.17, 15) is 15.0 Å². The molecule has 0 aromatic heterocycles. The van der Waals surface area contributed by atoms with Crippen LogP contribution in [0, 0.1) is 11.8 Å². The molecule has 1 rings (SSSR count). The Morgan fingerprint density at radius 2 is 2.00 bits per heavy atom. The number of nitrogens with zero attached hydrogens (tertiary/aromatic N) is 1. The second-order valence-corrected chi connectivity index (χ2v) is 6.51. The van der Waals surface area contributed by atoms with Crippen LogP contribution in [0.15, 0.2) is 12.2 Å². The number of ether oxygens (including phenoxy) is 1. The zero-order chi connectivity index (χ0) is 15.5. The summed E-state index contributed by atoms with van der Waals surface area (Å²) < 4.78 is 5.39. The summed E-state index contributed by atoms with van der Waals surface area (Å²) in [4.78, 5) is 13.8. The molecule has 1 aliphatic heterocycles. The summed E-state index contributed by atoms with van der Waals surface area (Å²) in [5, 5.41) is 18.8. The number of hydrogen-bond acceptors (Lipinski definition) is 4. The van der Waals surface area contributed by atoms with Crippen molar-refractivity contribution in [3.63, 3.8) is 0 Å². The molecule has 0 aromatic rings. The highest BCUT2D eigenvalue weighted by Crippen LogP contribution is 2.36. The summed E-state index contributed by atoms with van der Waals surface area (Å²) in [5.74, 6) is 0.113. The van der Waals surface area contributed by atoms with E-state index in [1.807, 2.05) is 27.7 Å². The summed E-state index contributed by atoms with van der Waals surface area (Å²) in [7, 11) is 0. The van der Waals surface area contributed by atoms with Crippen LogP contribution in [0.4, 0.5) is 4.79 Å². The predicted octanol–water partition coefficient (Wildman–Crippen LogP) is 1.79. The van der Waals surface area contributed by atoms with Gasteiger partial charge in [0, 0.05) is 19.1 Å². The van der Waals surface area contributed by atoms with E-state index in [2.05, 4.69) is 6.58 Å². The van der Waals surface area contributed by atoms with Gasteiger partial charge in [0.1, 0.15) is 5.60 Å². The highest BCUT2D eigenvalue weighted by Gasteiger charge is 2.44. The summed E-state index contributed by atoms with van der Waals surface area (Å²) in [6.07, 6.45) is 0.130. The van der Waals surface area contributed by atoms with Gasteiger partial charge >= 0.3 is 6.09 Å². The second-order valence-electron chi connectivity index (χ2n) is 6.51. The van der Waals surface area contributed by atoms with Crippen molar-refractivity contribution < 1.29 is 19.7 Å².